The summed E-state index contributed by atoms with van der Waals surface area (Å²) in [7, 11) is 1.59. The molecule has 6 nitrogen and oxygen atoms in total. The van der Waals surface area contributed by atoms with Crippen molar-refractivity contribution < 1.29 is 19.4 Å². The van der Waals surface area contributed by atoms with Crippen LogP contribution < -0.4 is 9.47 Å². The van der Waals surface area contributed by atoms with E-state index in [2.05, 4.69) is 5.10 Å². The summed E-state index contributed by atoms with van der Waals surface area (Å²) in [4.78, 5) is 11.1. The number of nitrogens with zero attached hydrogens (tertiary/aromatic N) is 2. The van der Waals surface area contributed by atoms with Gasteiger partial charge in [0, 0.05) is 16.3 Å². The number of aromatic nitrogens is 2. The summed E-state index contributed by atoms with van der Waals surface area (Å²) < 4.78 is 12.9. The third-order valence-corrected chi connectivity index (χ3v) is 4.35. The average Bonchev–Trinajstić information content (AvgIpc) is 3.03. The number of carboxylic acid groups (broad SMARTS) is 1. The van der Waals surface area contributed by atoms with Crippen molar-refractivity contribution in [2.45, 2.75) is 20.1 Å². The Morgan fingerprint density at radius 1 is 1.19 bits per heavy atom. The topological polar surface area (TPSA) is 73.6 Å². The van der Waals surface area contributed by atoms with Gasteiger partial charge in [-0.3, -0.25) is 4.68 Å². The van der Waals surface area contributed by atoms with Crippen molar-refractivity contribution >= 4 is 17.6 Å². The van der Waals surface area contributed by atoms with Gasteiger partial charge in [-0.25, -0.2) is 4.79 Å². The van der Waals surface area contributed by atoms with Crippen LogP contribution in [-0.2, 0) is 13.2 Å². The molecule has 0 amide bonds. The number of benzene rings is 2. The van der Waals surface area contributed by atoms with Crippen LogP contribution in [0.4, 0.5) is 0 Å². The van der Waals surface area contributed by atoms with Crippen molar-refractivity contribution in [3.8, 4) is 11.5 Å². The third-order valence-electron chi connectivity index (χ3n) is 4.10. The van der Waals surface area contributed by atoms with Crippen molar-refractivity contribution in [2.24, 2.45) is 0 Å². The lowest BCUT2D eigenvalue weighted by Crippen LogP contribution is -2.08. The van der Waals surface area contributed by atoms with Gasteiger partial charge in [0.25, 0.3) is 0 Å². The molecule has 0 fully saturated rings. The fraction of sp³-hybridized carbons (Fsp3) is 0.200. The summed E-state index contributed by atoms with van der Waals surface area (Å²) in [6.45, 7) is 2.56. The summed E-state index contributed by atoms with van der Waals surface area (Å²) in [5.41, 5.74) is 2.59. The zero-order chi connectivity index (χ0) is 19.4. The Morgan fingerprint density at radius 2 is 1.93 bits per heavy atom. The van der Waals surface area contributed by atoms with E-state index in [4.69, 9.17) is 26.2 Å². The smallest absolute Gasteiger partial charge is 0.356 e. The summed E-state index contributed by atoms with van der Waals surface area (Å²) in [6.07, 6.45) is 0. The van der Waals surface area contributed by atoms with E-state index in [1.165, 1.54) is 6.07 Å². The van der Waals surface area contributed by atoms with Crippen LogP contribution in [0, 0.1) is 6.92 Å². The molecule has 0 atom stereocenters. The SMILES string of the molecule is COc1ccc(OCc2ccc(Cl)cc2)c(Cn2nc(C(=O)O)cc2C)c1. The Bertz CT molecular complexity index is 951. The number of halogens is 1. The van der Waals surface area contributed by atoms with E-state index in [0.717, 1.165) is 16.8 Å². The lowest BCUT2D eigenvalue weighted by Gasteiger charge is -2.14. The van der Waals surface area contributed by atoms with Crippen molar-refractivity contribution in [1.82, 2.24) is 9.78 Å². The van der Waals surface area contributed by atoms with E-state index in [-0.39, 0.29) is 5.69 Å². The molecule has 1 heterocycles. The minimum Gasteiger partial charge on any atom is -0.497 e. The normalized spacial score (nSPS) is 10.6. The first-order valence-corrected chi connectivity index (χ1v) is 8.66. The summed E-state index contributed by atoms with van der Waals surface area (Å²) in [6, 6.07) is 14.5. The molecule has 27 heavy (non-hydrogen) atoms. The van der Waals surface area contributed by atoms with Crippen molar-refractivity contribution in [1.29, 1.82) is 0 Å². The molecule has 0 saturated carbocycles. The molecule has 0 unspecified atom stereocenters. The van der Waals surface area contributed by atoms with Gasteiger partial charge in [-0.2, -0.15) is 5.10 Å². The number of hydrogen-bond donors (Lipinski definition) is 1. The molecule has 0 aliphatic heterocycles. The van der Waals surface area contributed by atoms with Gasteiger partial charge >= 0.3 is 5.97 Å². The second-order valence-electron chi connectivity index (χ2n) is 6.02. The molecular formula is C20H19ClN2O4. The van der Waals surface area contributed by atoms with Gasteiger partial charge in [0.15, 0.2) is 5.69 Å². The van der Waals surface area contributed by atoms with Crippen LogP contribution in [0.1, 0.15) is 27.3 Å². The molecule has 0 bridgehead atoms. The maximum absolute atomic E-state index is 11.1. The van der Waals surface area contributed by atoms with Gasteiger partial charge in [0.2, 0.25) is 0 Å². The molecule has 0 saturated heterocycles. The fourth-order valence-corrected chi connectivity index (χ4v) is 2.75. The molecule has 0 aliphatic carbocycles. The largest absolute Gasteiger partial charge is 0.497 e. The minimum absolute atomic E-state index is 0.0130. The van der Waals surface area contributed by atoms with Crippen LogP contribution in [0.15, 0.2) is 48.5 Å². The Hall–Kier alpha value is -2.99. The molecule has 0 radical (unpaired) electrons. The van der Waals surface area contributed by atoms with E-state index in [9.17, 15) is 4.79 Å². The number of ether oxygens (including phenoxy) is 2. The van der Waals surface area contributed by atoms with Gasteiger partial charge in [0.05, 0.1) is 13.7 Å². The van der Waals surface area contributed by atoms with Gasteiger partial charge in [-0.15, -0.1) is 0 Å². The highest BCUT2D eigenvalue weighted by Crippen LogP contribution is 2.26. The maximum atomic E-state index is 11.1. The first-order valence-electron chi connectivity index (χ1n) is 8.28. The number of methoxy groups -OCH3 is 1. The van der Waals surface area contributed by atoms with Crippen molar-refractivity contribution in [3.05, 3.63) is 76.1 Å². The van der Waals surface area contributed by atoms with E-state index in [1.54, 1.807) is 11.8 Å². The number of aryl methyl sites for hydroxylation is 1. The predicted molar refractivity (Wildman–Crippen MR) is 102 cm³/mol. The molecule has 1 aromatic heterocycles. The van der Waals surface area contributed by atoms with Gasteiger partial charge < -0.3 is 14.6 Å². The number of aromatic carboxylic acids is 1. The highest BCUT2D eigenvalue weighted by Gasteiger charge is 2.13. The average molecular weight is 387 g/mol. The first kappa shape index (κ1) is 18.8. The zero-order valence-corrected chi connectivity index (χ0v) is 15.7. The Morgan fingerprint density at radius 3 is 2.56 bits per heavy atom. The Labute approximate surface area is 161 Å². The van der Waals surface area contributed by atoms with Crippen molar-refractivity contribution in [2.75, 3.05) is 7.11 Å². The lowest BCUT2D eigenvalue weighted by molar-refractivity contribution is 0.0689. The lowest BCUT2D eigenvalue weighted by atomic mass is 10.1. The van der Waals surface area contributed by atoms with E-state index < -0.39 is 5.97 Å². The maximum Gasteiger partial charge on any atom is 0.356 e. The van der Waals surface area contributed by atoms with Crippen LogP contribution in [0.25, 0.3) is 0 Å². The molecule has 0 aliphatic rings. The second kappa shape index (κ2) is 8.14. The van der Waals surface area contributed by atoms with Gasteiger partial charge in [-0.1, -0.05) is 23.7 Å². The van der Waals surface area contributed by atoms with E-state index >= 15 is 0 Å². The quantitative estimate of drug-likeness (QED) is 0.659. The van der Waals surface area contributed by atoms with Crippen LogP contribution in [0.2, 0.25) is 5.02 Å². The number of hydrogen-bond acceptors (Lipinski definition) is 4. The second-order valence-corrected chi connectivity index (χ2v) is 6.46. The molecule has 3 rings (SSSR count). The molecule has 2 aromatic carbocycles. The highest BCUT2D eigenvalue weighted by atomic mass is 35.5. The van der Waals surface area contributed by atoms with Crippen molar-refractivity contribution in [3.63, 3.8) is 0 Å². The number of rotatable bonds is 7. The molecule has 1 N–H and O–H groups in total. The Balaban J connectivity index is 1.84. The Kier molecular flexibility index (Phi) is 5.66. The zero-order valence-electron chi connectivity index (χ0n) is 15.0. The molecule has 0 spiro atoms. The molecule has 7 heteroatoms. The summed E-state index contributed by atoms with van der Waals surface area (Å²) >= 11 is 5.91. The molecular weight excluding hydrogens is 368 g/mol. The standard InChI is InChI=1S/C20H19ClN2O4/c1-13-9-18(20(24)25)22-23(13)11-15-10-17(26-2)7-8-19(15)27-12-14-3-5-16(21)6-4-14/h3-10H,11-12H2,1-2H3,(H,24,25). The summed E-state index contributed by atoms with van der Waals surface area (Å²) in [5.74, 6) is 0.311. The highest BCUT2D eigenvalue weighted by molar-refractivity contribution is 6.30. The van der Waals surface area contributed by atoms with Crippen LogP contribution in [-0.4, -0.2) is 28.0 Å². The first-order chi connectivity index (χ1) is 13.0. The predicted octanol–water partition coefficient (Wildman–Crippen LogP) is 4.18. The van der Waals surface area contributed by atoms with Crippen LogP contribution in [0.3, 0.4) is 0 Å². The van der Waals surface area contributed by atoms with Crippen LogP contribution >= 0.6 is 11.6 Å². The monoisotopic (exact) mass is 386 g/mol. The third kappa shape index (κ3) is 4.60. The van der Waals surface area contributed by atoms with Gasteiger partial charge in [-0.05, 0) is 48.9 Å². The van der Waals surface area contributed by atoms with Crippen LogP contribution in [0.5, 0.6) is 11.5 Å². The summed E-state index contributed by atoms with van der Waals surface area (Å²) in [5, 5.41) is 13.9. The number of carboxylic acids is 1. The molecule has 140 valence electrons. The minimum atomic E-state index is -1.05. The van der Waals surface area contributed by atoms with E-state index in [1.807, 2.05) is 49.4 Å². The van der Waals surface area contributed by atoms with E-state index in [0.29, 0.717) is 29.7 Å². The van der Waals surface area contributed by atoms with Gasteiger partial charge in [0.1, 0.15) is 18.1 Å². The molecule has 3 aromatic rings. The number of carbonyl (C=O) groups is 1. The fourth-order valence-electron chi connectivity index (χ4n) is 2.62.